The molecule has 0 bridgehead atoms. The Morgan fingerprint density at radius 3 is 2.56 bits per heavy atom. The van der Waals surface area contributed by atoms with Crippen LogP contribution in [-0.4, -0.2) is 31.4 Å². The van der Waals surface area contributed by atoms with Gasteiger partial charge in [0.25, 0.3) is 0 Å². The highest BCUT2D eigenvalue weighted by atomic mass is 79.9. The van der Waals surface area contributed by atoms with Crippen molar-refractivity contribution in [3.8, 4) is 0 Å². The van der Waals surface area contributed by atoms with Gasteiger partial charge in [0.05, 0.1) is 0 Å². The van der Waals surface area contributed by atoms with E-state index in [0.717, 1.165) is 33.5 Å². The van der Waals surface area contributed by atoms with Gasteiger partial charge >= 0.3 is 0 Å². The number of rotatable bonds is 7. The van der Waals surface area contributed by atoms with Crippen molar-refractivity contribution < 1.29 is 13.9 Å². The zero-order valence-electron chi connectivity index (χ0n) is 15.0. The van der Waals surface area contributed by atoms with Gasteiger partial charge in [0.15, 0.2) is 0 Å². The second kappa shape index (κ2) is 9.71. The molecule has 1 aliphatic heterocycles. The van der Waals surface area contributed by atoms with Crippen LogP contribution >= 0.6 is 27.7 Å². The van der Waals surface area contributed by atoms with Crippen molar-refractivity contribution in [3.63, 3.8) is 0 Å². The van der Waals surface area contributed by atoms with Gasteiger partial charge < -0.3 is 10.1 Å². The number of carbonyl (C=O) groups excluding carboxylic acids is 1. The third-order valence-corrected chi connectivity index (χ3v) is 6.98. The van der Waals surface area contributed by atoms with Crippen LogP contribution in [0.3, 0.4) is 0 Å². The molecule has 0 atom stereocenters. The predicted octanol–water partition coefficient (Wildman–Crippen LogP) is 4.94. The van der Waals surface area contributed by atoms with Gasteiger partial charge in [-0.15, -0.1) is 11.8 Å². The summed E-state index contributed by atoms with van der Waals surface area (Å²) < 4.78 is 19.9. The predicted molar refractivity (Wildman–Crippen MR) is 111 cm³/mol. The molecule has 144 valence electrons. The fourth-order valence-corrected chi connectivity index (χ4v) is 4.82. The number of amides is 1. The van der Waals surface area contributed by atoms with Crippen LogP contribution in [0.1, 0.15) is 24.8 Å². The number of carbonyl (C=O) groups is 1. The summed E-state index contributed by atoms with van der Waals surface area (Å²) in [7, 11) is 0. The minimum atomic E-state index is -0.242. The van der Waals surface area contributed by atoms with E-state index >= 15 is 0 Å². The molecule has 0 unspecified atom stereocenters. The van der Waals surface area contributed by atoms with Gasteiger partial charge in [-0.1, -0.05) is 24.3 Å². The Kier molecular flexibility index (Phi) is 7.33. The molecule has 3 nitrogen and oxygen atoms in total. The third-order valence-electron chi connectivity index (χ3n) is 4.95. The molecule has 2 aromatic carbocycles. The largest absolute Gasteiger partial charge is 0.381 e. The van der Waals surface area contributed by atoms with Crippen molar-refractivity contribution in [2.75, 3.05) is 25.5 Å². The molecule has 1 heterocycles. The van der Waals surface area contributed by atoms with Crippen LogP contribution in [0, 0.1) is 5.82 Å². The molecule has 1 N–H and O–H groups in total. The molecule has 0 spiro atoms. The van der Waals surface area contributed by atoms with Gasteiger partial charge in [-0.05, 0) is 58.6 Å². The zero-order chi connectivity index (χ0) is 19.1. The fourth-order valence-electron chi connectivity index (χ4n) is 3.30. The van der Waals surface area contributed by atoms with E-state index in [2.05, 4.69) is 21.2 Å². The average molecular weight is 452 g/mol. The summed E-state index contributed by atoms with van der Waals surface area (Å²) in [6.45, 7) is 1.87. The van der Waals surface area contributed by atoms with Crippen molar-refractivity contribution in [3.05, 3.63) is 64.4 Å². The molecule has 0 aromatic heterocycles. The Labute approximate surface area is 172 Å². The van der Waals surface area contributed by atoms with Crippen LogP contribution in [-0.2, 0) is 14.9 Å². The lowest BCUT2D eigenvalue weighted by atomic mass is 9.74. The number of benzene rings is 2. The standard InChI is InChI=1S/C21H23BrFNO2S/c22-18-3-1-2-4-19(18)27-14-9-20(25)24-15-21(10-12-26-13-11-21)16-5-7-17(23)8-6-16/h1-8H,9-15H2,(H,24,25). The topological polar surface area (TPSA) is 38.3 Å². The monoisotopic (exact) mass is 451 g/mol. The maximum absolute atomic E-state index is 13.3. The average Bonchev–Trinajstić information content (AvgIpc) is 2.69. The molecular formula is C21H23BrFNO2S. The lowest BCUT2D eigenvalue weighted by molar-refractivity contribution is -0.121. The van der Waals surface area contributed by atoms with E-state index in [1.807, 2.05) is 36.4 Å². The number of halogens is 2. The lowest BCUT2D eigenvalue weighted by Crippen LogP contribution is -2.44. The van der Waals surface area contributed by atoms with Gasteiger partial charge in [0, 0.05) is 46.7 Å². The van der Waals surface area contributed by atoms with E-state index in [0.29, 0.717) is 26.2 Å². The second-order valence-electron chi connectivity index (χ2n) is 6.71. The quantitative estimate of drug-likeness (QED) is 0.606. The van der Waals surface area contributed by atoms with Crippen LogP contribution in [0.15, 0.2) is 57.9 Å². The van der Waals surface area contributed by atoms with E-state index in [1.165, 1.54) is 12.1 Å². The summed E-state index contributed by atoms with van der Waals surface area (Å²) in [5.41, 5.74) is 0.882. The summed E-state index contributed by atoms with van der Waals surface area (Å²) in [6.07, 6.45) is 2.11. The van der Waals surface area contributed by atoms with Crippen molar-refractivity contribution in [1.82, 2.24) is 5.32 Å². The number of ether oxygens (including phenoxy) is 1. The minimum absolute atomic E-state index is 0.0440. The fraction of sp³-hybridized carbons (Fsp3) is 0.381. The molecule has 0 radical (unpaired) electrons. The highest BCUT2D eigenvalue weighted by Crippen LogP contribution is 2.34. The molecular weight excluding hydrogens is 429 g/mol. The number of thioether (sulfide) groups is 1. The maximum atomic E-state index is 13.3. The molecule has 1 aliphatic rings. The van der Waals surface area contributed by atoms with Crippen molar-refractivity contribution in [2.24, 2.45) is 0 Å². The van der Waals surface area contributed by atoms with Gasteiger partial charge in [-0.2, -0.15) is 0 Å². The van der Waals surface area contributed by atoms with Crippen LogP contribution in [0.2, 0.25) is 0 Å². The second-order valence-corrected chi connectivity index (χ2v) is 8.70. The van der Waals surface area contributed by atoms with Crippen LogP contribution in [0.4, 0.5) is 4.39 Å². The zero-order valence-corrected chi connectivity index (χ0v) is 17.5. The van der Waals surface area contributed by atoms with Crippen LogP contribution in [0.25, 0.3) is 0 Å². The highest BCUT2D eigenvalue weighted by Gasteiger charge is 2.34. The van der Waals surface area contributed by atoms with Crippen molar-refractivity contribution in [1.29, 1.82) is 0 Å². The molecule has 1 fully saturated rings. The van der Waals surface area contributed by atoms with Gasteiger partial charge in [-0.25, -0.2) is 4.39 Å². The molecule has 27 heavy (non-hydrogen) atoms. The number of hydrogen-bond donors (Lipinski definition) is 1. The highest BCUT2D eigenvalue weighted by molar-refractivity contribution is 9.10. The van der Waals surface area contributed by atoms with Crippen molar-refractivity contribution in [2.45, 2.75) is 29.6 Å². The SMILES string of the molecule is O=C(CCSc1ccccc1Br)NCC1(c2ccc(F)cc2)CCOCC1. The summed E-state index contributed by atoms with van der Waals surface area (Å²) in [5, 5.41) is 3.09. The number of hydrogen-bond acceptors (Lipinski definition) is 3. The molecule has 6 heteroatoms. The molecule has 0 saturated carbocycles. The number of nitrogens with one attached hydrogen (secondary N) is 1. The molecule has 0 aliphatic carbocycles. The first-order valence-corrected chi connectivity index (χ1v) is 10.8. The molecule has 2 aromatic rings. The summed E-state index contributed by atoms with van der Waals surface area (Å²) in [4.78, 5) is 13.5. The van der Waals surface area contributed by atoms with E-state index in [9.17, 15) is 9.18 Å². The Morgan fingerprint density at radius 2 is 1.85 bits per heavy atom. The molecule has 1 saturated heterocycles. The van der Waals surface area contributed by atoms with Crippen molar-refractivity contribution >= 4 is 33.6 Å². The van der Waals surface area contributed by atoms with E-state index < -0.39 is 0 Å². The first kappa shape index (κ1) is 20.4. The Morgan fingerprint density at radius 1 is 1.15 bits per heavy atom. The lowest BCUT2D eigenvalue weighted by Gasteiger charge is -2.38. The van der Waals surface area contributed by atoms with Gasteiger partial charge in [0.1, 0.15) is 5.82 Å². The summed E-state index contributed by atoms with van der Waals surface area (Å²) in [5.74, 6) is 0.526. The van der Waals surface area contributed by atoms with Crippen LogP contribution < -0.4 is 5.32 Å². The van der Waals surface area contributed by atoms with Gasteiger partial charge in [0.2, 0.25) is 5.91 Å². The maximum Gasteiger partial charge on any atom is 0.220 e. The molecule has 1 amide bonds. The third kappa shape index (κ3) is 5.56. The van der Waals surface area contributed by atoms with Gasteiger partial charge in [-0.3, -0.25) is 4.79 Å². The minimum Gasteiger partial charge on any atom is -0.381 e. The first-order chi connectivity index (χ1) is 13.1. The van der Waals surface area contributed by atoms with E-state index in [1.54, 1.807) is 11.8 Å². The van der Waals surface area contributed by atoms with Crippen LogP contribution in [0.5, 0.6) is 0 Å². The van der Waals surface area contributed by atoms with E-state index in [-0.39, 0.29) is 17.1 Å². The smallest absolute Gasteiger partial charge is 0.220 e. The Hall–Kier alpha value is -1.37. The Bertz CT molecular complexity index is 763. The molecule has 3 rings (SSSR count). The first-order valence-electron chi connectivity index (χ1n) is 9.07. The normalized spacial score (nSPS) is 16.1. The Balaban J connectivity index is 1.54. The summed E-state index contributed by atoms with van der Waals surface area (Å²) >= 11 is 5.19. The summed E-state index contributed by atoms with van der Waals surface area (Å²) in [6, 6.07) is 14.6. The van der Waals surface area contributed by atoms with E-state index in [4.69, 9.17) is 4.74 Å².